The number of aliphatic hydroxyl groups excluding tert-OH is 1. The van der Waals surface area contributed by atoms with E-state index in [0.717, 1.165) is 19.3 Å². The second kappa shape index (κ2) is 2.69. The van der Waals surface area contributed by atoms with Crippen molar-refractivity contribution >= 4 is 0 Å². The smallest absolute Gasteiger partial charge is 0.166 e. The summed E-state index contributed by atoms with van der Waals surface area (Å²) in [6.07, 6.45) is 2.20. The molecular weight excluding hydrogens is 156 g/mol. The highest BCUT2D eigenvalue weighted by Crippen LogP contribution is 2.40. The van der Waals surface area contributed by atoms with Gasteiger partial charge in [0.1, 0.15) is 6.10 Å². The van der Waals surface area contributed by atoms with Gasteiger partial charge in [0.15, 0.2) is 5.79 Å². The normalized spacial score (nSPS) is 52.8. The summed E-state index contributed by atoms with van der Waals surface area (Å²) in [4.78, 5) is 0. The first-order chi connectivity index (χ1) is 5.64. The largest absolute Gasteiger partial charge is 0.390 e. The van der Waals surface area contributed by atoms with E-state index < -0.39 is 5.79 Å². The van der Waals surface area contributed by atoms with Crippen LogP contribution in [0, 0.1) is 0 Å². The average molecular weight is 172 g/mol. The summed E-state index contributed by atoms with van der Waals surface area (Å²) in [6.45, 7) is 4.02. The topological polar surface area (TPSA) is 38.7 Å². The molecule has 2 bridgehead atoms. The maximum atomic E-state index is 9.61. The Morgan fingerprint density at radius 2 is 2.25 bits per heavy atom. The lowest BCUT2D eigenvalue weighted by Crippen LogP contribution is -2.40. The van der Waals surface area contributed by atoms with E-state index in [1.54, 1.807) is 0 Å². The second-order valence-corrected chi connectivity index (χ2v) is 3.89. The van der Waals surface area contributed by atoms with Crippen molar-refractivity contribution in [1.29, 1.82) is 0 Å². The molecule has 0 aromatic carbocycles. The van der Waals surface area contributed by atoms with Crippen LogP contribution >= 0.6 is 0 Å². The van der Waals surface area contributed by atoms with Crippen molar-refractivity contribution in [2.45, 2.75) is 57.2 Å². The lowest BCUT2D eigenvalue weighted by Gasteiger charge is -2.30. The SMILES string of the molecule is CC[C@@H]1O[C@]2(C)CCC(O)[C@@H]1O2. The van der Waals surface area contributed by atoms with Crippen LogP contribution in [0.25, 0.3) is 0 Å². The highest BCUT2D eigenvalue weighted by molar-refractivity contribution is 4.92. The van der Waals surface area contributed by atoms with Gasteiger partial charge in [0, 0.05) is 6.42 Å². The molecule has 12 heavy (non-hydrogen) atoms. The van der Waals surface area contributed by atoms with E-state index in [-0.39, 0.29) is 18.3 Å². The van der Waals surface area contributed by atoms with Crippen molar-refractivity contribution < 1.29 is 14.6 Å². The number of hydrogen-bond donors (Lipinski definition) is 1. The standard InChI is InChI=1S/C9H16O3/c1-3-7-8-6(10)4-5-9(2,11-7)12-8/h6-8,10H,3-5H2,1-2H3/t6?,7-,8-,9-/m0/s1. The summed E-state index contributed by atoms with van der Waals surface area (Å²) in [5, 5.41) is 9.61. The van der Waals surface area contributed by atoms with Gasteiger partial charge in [-0.3, -0.25) is 0 Å². The number of aliphatic hydroxyl groups is 1. The van der Waals surface area contributed by atoms with Gasteiger partial charge in [-0.15, -0.1) is 0 Å². The summed E-state index contributed by atoms with van der Waals surface area (Å²) in [7, 11) is 0. The first-order valence-corrected chi connectivity index (χ1v) is 4.68. The minimum absolute atomic E-state index is 0.0891. The van der Waals surface area contributed by atoms with Gasteiger partial charge in [0.05, 0.1) is 12.2 Å². The second-order valence-electron chi connectivity index (χ2n) is 3.89. The fourth-order valence-corrected chi connectivity index (χ4v) is 2.11. The van der Waals surface area contributed by atoms with E-state index in [1.165, 1.54) is 0 Å². The zero-order valence-electron chi connectivity index (χ0n) is 7.62. The summed E-state index contributed by atoms with van der Waals surface area (Å²) in [5.41, 5.74) is 0. The van der Waals surface area contributed by atoms with Crippen LogP contribution in [0.3, 0.4) is 0 Å². The Hall–Kier alpha value is -0.120. The summed E-state index contributed by atoms with van der Waals surface area (Å²) in [6, 6.07) is 0. The third-order valence-electron chi connectivity index (χ3n) is 2.83. The van der Waals surface area contributed by atoms with E-state index in [4.69, 9.17) is 9.47 Å². The molecular formula is C9H16O3. The molecule has 2 rings (SSSR count). The molecule has 1 N–H and O–H groups in total. The molecule has 70 valence electrons. The van der Waals surface area contributed by atoms with Crippen LogP contribution in [-0.2, 0) is 9.47 Å². The molecule has 0 aromatic rings. The van der Waals surface area contributed by atoms with E-state index >= 15 is 0 Å². The van der Waals surface area contributed by atoms with Gasteiger partial charge in [-0.2, -0.15) is 0 Å². The van der Waals surface area contributed by atoms with Gasteiger partial charge in [-0.1, -0.05) is 6.92 Å². The Kier molecular flexibility index (Phi) is 1.90. The molecule has 0 spiro atoms. The Morgan fingerprint density at radius 1 is 1.50 bits per heavy atom. The van der Waals surface area contributed by atoms with Crippen LogP contribution < -0.4 is 0 Å². The van der Waals surface area contributed by atoms with Crippen LogP contribution in [-0.4, -0.2) is 29.2 Å². The molecule has 2 saturated heterocycles. The fourth-order valence-electron chi connectivity index (χ4n) is 2.11. The number of rotatable bonds is 1. The minimum Gasteiger partial charge on any atom is -0.390 e. The van der Waals surface area contributed by atoms with Gasteiger partial charge in [-0.25, -0.2) is 0 Å². The van der Waals surface area contributed by atoms with Crippen molar-refractivity contribution in [1.82, 2.24) is 0 Å². The molecule has 3 heteroatoms. The van der Waals surface area contributed by atoms with E-state index in [1.807, 2.05) is 6.92 Å². The van der Waals surface area contributed by atoms with Gasteiger partial charge in [0.25, 0.3) is 0 Å². The molecule has 0 aromatic heterocycles. The molecule has 3 nitrogen and oxygen atoms in total. The Bertz CT molecular complexity index is 179. The van der Waals surface area contributed by atoms with Crippen LogP contribution in [0.1, 0.15) is 33.1 Å². The molecule has 0 aliphatic carbocycles. The van der Waals surface area contributed by atoms with Crippen molar-refractivity contribution in [2.24, 2.45) is 0 Å². The number of ether oxygens (including phenoxy) is 2. The predicted molar refractivity (Wildman–Crippen MR) is 43.7 cm³/mol. The lowest BCUT2D eigenvalue weighted by atomic mass is 9.99. The fraction of sp³-hybridized carbons (Fsp3) is 1.00. The zero-order chi connectivity index (χ0) is 8.77. The first-order valence-electron chi connectivity index (χ1n) is 4.68. The molecule has 0 amide bonds. The molecule has 2 aliphatic heterocycles. The summed E-state index contributed by atoms with van der Waals surface area (Å²) in [5.74, 6) is -0.412. The van der Waals surface area contributed by atoms with Crippen molar-refractivity contribution in [3.05, 3.63) is 0 Å². The molecule has 2 heterocycles. The van der Waals surface area contributed by atoms with Crippen molar-refractivity contribution in [3.8, 4) is 0 Å². The van der Waals surface area contributed by atoms with Crippen LogP contribution in [0.4, 0.5) is 0 Å². The monoisotopic (exact) mass is 172 g/mol. The molecule has 0 saturated carbocycles. The first kappa shape index (κ1) is 8.48. The molecule has 0 radical (unpaired) electrons. The Labute approximate surface area is 72.7 Å². The van der Waals surface area contributed by atoms with Crippen LogP contribution in [0.5, 0.6) is 0 Å². The average Bonchev–Trinajstić information content (AvgIpc) is 2.34. The lowest BCUT2D eigenvalue weighted by molar-refractivity contribution is -0.197. The quantitative estimate of drug-likeness (QED) is 0.642. The van der Waals surface area contributed by atoms with E-state index in [0.29, 0.717) is 0 Å². The maximum Gasteiger partial charge on any atom is 0.166 e. The molecule has 2 aliphatic rings. The van der Waals surface area contributed by atoms with Gasteiger partial charge in [-0.05, 0) is 19.8 Å². The van der Waals surface area contributed by atoms with Crippen LogP contribution in [0.2, 0.25) is 0 Å². The van der Waals surface area contributed by atoms with E-state index in [9.17, 15) is 5.11 Å². The van der Waals surface area contributed by atoms with Gasteiger partial charge < -0.3 is 14.6 Å². The Morgan fingerprint density at radius 3 is 2.92 bits per heavy atom. The summed E-state index contributed by atoms with van der Waals surface area (Å²) >= 11 is 0. The molecule has 4 atom stereocenters. The van der Waals surface area contributed by atoms with Crippen LogP contribution in [0.15, 0.2) is 0 Å². The Balaban J connectivity index is 2.15. The molecule has 1 unspecified atom stereocenters. The zero-order valence-corrected chi connectivity index (χ0v) is 7.62. The van der Waals surface area contributed by atoms with E-state index in [2.05, 4.69) is 6.92 Å². The third kappa shape index (κ3) is 1.16. The third-order valence-corrected chi connectivity index (χ3v) is 2.83. The summed E-state index contributed by atoms with van der Waals surface area (Å²) < 4.78 is 11.3. The highest BCUT2D eigenvalue weighted by Gasteiger charge is 2.50. The van der Waals surface area contributed by atoms with Gasteiger partial charge in [0.2, 0.25) is 0 Å². The number of hydrogen-bond acceptors (Lipinski definition) is 3. The van der Waals surface area contributed by atoms with Crippen molar-refractivity contribution in [2.75, 3.05) is 0 Å². The molecule has 2 fully saturated rings. The van der Waals surface area contributed by atoms with Gasteiger partial charge >= 0.3 is 0 Å². The highest BCUT2D eigenvalue weighted by atomic mass is 16.8. The number of fused-ring (bicyclic) bond motifs is 2. The minimum atomic E-state index is -0.412. The van der Waals surface area contributed by atoms with Crippen molar-refractivity contribution in [3.63, 3.8) is 0 Å². The maximum absolute atomic E-state index is 9.61. The predicted octanol–water partition coefficient (Wildman–Crippen LogP) is 1.05.